The van der Waals surface area contributed by atoms with Crippen LogP contribution in [0.25, 0.3) is 0 Å². The Bertz CT molecular complexity index is 785. The van der Waals surface area contributed by atoms with E-state index in [1.807, 2.05) is 0 Å². The Morgan fingerprint density at radius 3 is 2.74 bits per heavy atom. The van der Waals surface area contributed by atoms with Gasteiger partial charge in [0.1, 0.15) is 11.5 Å². The Morgan fingerprint density at radius 2 is 1.91 bits per heavy atom. The van der Waals surface area contributed by atoms with Gasteiger partial charge in [0.2, 0.25) is 6.79 Å². The summed E-state index contributed by atoms with van der Waals surface area (Å²) in [6.45, 7) is 0.159. The predicted octanol–water partition coefficient (Wildman–Crippen LogP) is 2.10. The Kier molecular flexibility index (Phi) is 3.12. The van der Waals surface area contributed by atoms with Gasteiger partial charge in [-0.3, -0.25) is 4.79 Å². The fourth-order valence-electron chi connectivity index (χ4n) is 2.77. The smallest absolute Gasteiger partial charge is 0.231 e. The molecule has 0 fully saturated rings. The molecule has 6 nitrogen and oxygen atoms in total. The number of ketones is 1. The van der Waals surface area contributed by atoms with Crippen LogP contribution >= 0.6 is 0 Å². The van der Waals surface area contributed by atoms with Crippen molar-refractivity contribution in [2.24, 2.45) is 0 Å². The Morgan fingerprint density at radius 1 is 1.09 bits per heavy atom. The fraction of sp³-hybridized carbons (Fsp3) is 0.235. The molecule has 2 aromatic rings. The van der Waals surface area contributed by atoms with Gasteiger partial charge in [-0.05, 0) is 29.8 Å². The van der Waals surface area contributed by atoms with Gasteiger partial charge in [0.05, 0.1) is 12.7 Å². The van der Waals surface area contributed by atoms with E-state index < -0.39 is 12.2 Å². The van der Waals surface area contributed by atoms with E-state index in [2.05, 4.69) is 0 Å². The minimum atomic E-state index is -1.28. The van der Waals surface area contributed by atoms with E-state index in [4.69, 9.17) is 18.9 Å². The van der Waals surface area contributed by atoms with Crippen LogP contribution in [0.1, 0.15) is 22.0 Å². The molecule has 0 saturated carbocycles. The Labute approximate surface area is 132 Å². The highest BCUT2D eigenvalue weighted by atomic mass is 16.7. The molecular formula is C17H14O6. The number of aliphatic hydroxyl groups excluding tert-OH is 1. The minimum absolute atomic E-state index is 0.159. The lowest BCUT2D eigenvalue weighted by Crippen LogP contribution is -2.36. The number of carbonyl (C=O) groups is 1. The number of rotatable bonds is 2. The van der Waals surface area contributed by atoms with Crippen molar-refractivity contribution in [1.82, 2.24) is 0 Å². The summed E-state index contributed by atoms with van der Waals surface area (Å²) in [7, 11) is 1.54. The summed E-state index contributed by atoms with van der Waals surface area (Å²) in [6.07, 6.45) is -2.09. The summed E-state index contributed by atoms with van der Waals surface area (Å²) in [5.41, 5.74) is 0.985. The molecule has 2 heterocycles. The zero-order chi connectivity index (χ0) is 16.0. The van der Waals surface area contributed by atoms with Gasteiger partial charge >= 0.3 is 0 Å². The maximum atomic E-state index is 12.4. The molecule has 0 unspecified atom stereocenters. The van der Waals surface area contributed by atoms with Crippen molar-refractivity contribution in [3.8, 4) is 23.0 Å². The summed E-state index contributed by atoms with van der Waals surface area (Å²) in [4.78, 5) is 12.4. The summed E-state index contributed by atoms with van der Waals surface area (Å²) < 4.78 is 21.6. The lowest BCUT2D eigenvalue weighted by Gasteiger charge is -2.30. The summed E-state index contributed by atoms with van der Waals surface area (Å²) in [6, 6.07) is 10.1. The summed E-state index contributed by atoms with van der Waals surface area (Å²) in [5.74, 6) is 1.80. The summed E-state index contributed by atoms with van der Waals surface area (Å²) >= 11 is 0. The number of hydrogen-bond donors (Lipinski definition) is 1. The first-order valence-corrected chi connectivity index (χ1v) is 7.14. The molecule has 2 aromatic carbocycles. The molecule has 0 amide bonds. The average Bonchev–Trinajstić information content (AvgIpc) is 3.05. The number of methoxy groups -OCH3 is 1. The van der Waals surface area contributed by atoms with Crippen LogP contribution in [0, 0.1) is 0 Å². The van der Waals surface area contributed by atoms with Gasteiger partial charge in [-0.15, -0.1) is 0 Å². The lowest BCUT2D eigenvalue weighted by atomic mass is 9.93. The molecule has 118 valence electrons. The highest BCUT2D eigenvalue weighted by Gasteiger charge is 2.37. The Balaban J connectivity index is 1.73. The van der Waals surface area contributed by atoms with E-state index in [1.54, 1.807) is 36.4 Å². The van der Waals surface area contributed by atoms with Gasteiger partial charge in [-0.2, -0.15) is 0 Å². The molecular weight excluding hydrogens is 300 g/mol. The second kappa shape index (κ2) is 5.17. The van der Waals surface area contributed by atoms with Gasteiger partial charge in [0, 0.05) is 6.07 Å². The third-order valence-corrected chi connectivity index (χ3v) is 3.99. The summed E-state index contributed by atoms with van der Waals surface area (Å²) in [5, 5.41) is 10.3. The van der Waals surface area contributed by atoms with E-state index in [9.17, 15) is 9.90 Å². The van der Waals surface area contributed by atoms with E-state index in [0.717, 1.165) is 0 Å². The van der Waals surface area contributed by atoms with Gasteiger partial charge in [-0.25, -0.2) is 0 Å². The molecule has 0 saturated heterocycles. The van der Waals surface area contributed by atoms with Crippen LogP contribution in [0.4, 0.5) is 0 Å². The SMILES string of the molecule is COc1ccc2c(c1)O[C@H](c1ccc3c(c1)OCO3)[C@@H](O)C2=O. The Hall–Kier alpha value is -2.73. The average molecular weight is 314 g/mol. The molecule has 0 aromatic heterocycles. The van der Waals surface area contributed by atoms with Crippen molar-refractivity contribution in [3.63, 3.8) is 0 Å². The topological polar surface area (TPSA) is 74.2 Å². The van der Waals surface area contributed by atoms with Crippen molar-refractivity contribution in [2.75, 3.05) is 13.9 Å². The van der Waals surface area contributed by atoms with E-state index >= 15 is 0 Å². The van der Waals surface area contributed by atoms with E-state index in [0.29, 0.717) is 34.1 Å². The second-order valence-electron chi connectivity index (χ2n) is 5.32. The third kappa shape index (κ3) is 2.19. The normalized spacial score (nSPS) is 21.6. The van der Waals surface area contributed by atoms with Gasteiger partial charge in [0.15, 0.2) is 29.5 Å². The number of carbonyl (C=O) groups excluding carboxylic acids is 1. The van der Waals surface area contributed by atoms with Crippen LogP contribution in [0.2, 0.25) is 0 Å². The fourth-order valence-corrected chi connectivity index (χ4v) is 2.77. The number of fused-ring (bicyclic) bond motifs is 2. The van der Waals surface area contributed by atoms with Gasteiger partial charge in [0.25, 0.3) is 0 Å². The molecule has 2 aliphatic rings. The zero-order valence-corrected chi connectivity index (χ0v) is 12.3. The lowest BCUT2D eigenvalue weighted by molar-refractivity contribution is 0.0215. The molecule has 2 atom stereocenters. The first-order valence-electron chi connectivity index (χ1n) is 7.14. The predicted molar refractivity (Wildman–Crippen MR) is 79.3 cm³/mol. The van der Waals surface area contributed by atoms with E-state index in [-0.39, 0.29) is 12.6 Å². The monoisotopic (exact) mass is 314 g/mol. The van der Waals surface area contributed by atoms with Crippen LogP contribution in [-0.4, -0.2) is 30.9 Å². The van der Waals surface area contributed by atoms with Crippen molar-refractivity contribution in [1.29, 1.82) is 0 Å². The third-order valence-electron chi connectivity index (χ3n) is 3.99. The van der Waals surface area contributed by atoms with Crippen LogP contribution in [0.3, 0.4) is 0 Å². The van der Waals surface area contributed by atoms with Crippen molar-refractivity contribution in [3.05, 3.63) is 47.5 Å². The maximum Gasteiger partial charge on any atom is 0.231 e. The molecule has 0 spiro atoms. The molecule has 23 heavy (non-hydrogen) atoms. The van der Waals surface area contributed by atoms with E-state index in [1.165, 1.54) is 7.11 Å². The number of ether oxygens (including phenoxy) is 4. The highest BCUT2D eigenvalue weighted by Crippen LogP contribution is 2.40. The van der Waals surface area contributed by atoms with Crippen LogP contribution in [-0.2, 0) is 0 Å². The van der Waals surface area contributed by atoms with Gasteiger partial charge < -0.3 is 24.1 Å². The maximum absolute atomic E-state index is 12.4. The number of Topliss-reactive ketones (excluding diaryl/α,β-unsaturated/α-hetero) is 1. The number of benzene rings is 2. The molecule has 2 aliphatic heterocycles. The molecule has 0 radical (unpaired) electrons. The first-order chi connectivity index (χ1) is 11.2. The quantitative estimate of drug-likeness (QED) is 0.915. The first kappa shape index (κ1) is 13.9. The molecule has 6 heteroatoms. The minimum Gasteiger partial charge on any atom is -0.497 e. The van der Waals surface area contributed by atoms with Crippen LogP contribution in [0.5, 0.6) is 23.0 Å². The second-order valence-corrected chi connectivity index (χ2v) is 5.32. The van der Waals surface area contributed by atoms with Crippen molar-refractivity contribution in [2.45, 2.75) is 12.2 Å². The molecule has 0 aliphatic carbocycles. The molecule has 4 rings (SSSR count). The molecule has 0 bridgehead atoms. The number of aliphatic hydroxyl groups is 1. The number of hydrogen-bond acceptors (Lipinski definition) is 6. The van der Waals surface area contributed by atoms with Gasteiger partial charge in [-0.1, -0.05) is 6.07 Å². The zero-order valence-electron chi connectivity index (χ0n) is 12.3. The van der Waals surface area contributed by atoms with Crippen molar-refractivity contribution >= 4 is 5.78 Å². The standard InChI is InChI=1S/C17H14O6/c1-20-10-3-4-11-13(7-10)23-17(16(19)15(11)18)9-2-5-12-14(6-9)22-8-21-12/h2-7,16-17,19H,8H2,1H3/t16-,17+/m0/s1. The van der Waals surface area contributed by atoms with Crippen LogP contribution in [0.15, 0.2) is 36.4 Å². The molecule has 1 N–H and O–H groups in total. The highest BCUT2D eigenvalue weighted by molar-refractivity contribution is 6.03. The largest absolute Gasteiger partial charge is 0.497 e. The van der Waals surface area contributed by atoms with Crippen molar-refractivity contribution < 1.29 is 28.8 Å². The van der Waals surface area contributed by atoms with Crippen LogP contribution < -0.4 is 18.9 Å².